The van der Waals surface area contributed by atoms with Crippen LogP contribution in [0.4, 0.5) is 0 Å². The molecule has 1 aromatic carbocycles. The van der Waals surface area contributed by atoms with Gasteiger partial charge >= 0.3 is 5.97 Å². The first-order chi connectivity index (χ1) is 11.1. The summed E-state index contributed by atoms with van der Waals surface area (Å²) in [5.41, 5.74) is 1.75. The number of hydrogen-bond acceptors (Lipinski definition) is 7. The van der Waals surface area contributed by atoms with Crippen LogP contribution in [0.1, 0.15) is 18.1 Å². The monoisotopic (exact) mass is 326 g/mol. The van der Waals surface area contributed by atoms with Crippen molar-refractivity contribution in [3.8, 4) is 0 Å². The highest BCUT2D eigenvalue weighted by Crippen LogP contribution is 2.12. The molecule has 1 rings (SSSR count). The van der Waals surface area contributed by atoms with E-state index in [2.05, 4.69) is 6.58 Å². The molecule has 0 aliphatic rings. The SMILES string of the molecule is C=CC(=O)OCCOOCc1ccccc1COOCC(C)O. The normalized spacial score (nSPS) is 11.9. The molecule has 7 nitrogen and oxygen atoms in total. The van der Waals surface area contributed by atoms with E-state index >= 15 is 0 Å². The Labute approximate surface area is 135 Å². The zero-order valence-electron chi connectivity index (χ0n) is 13.1. The van der Waals surface area contributed by atoms with Crippen LogP contribution in [0.15, 0.2) is 36.9 Å². The van der Waals surface area contributed by atoms with E-state index in [0.29, 0.717) is 0 Å². The Morgan fingerprint density at radius 1 is 1.13 bits per heavy atom. The summed E-state index contributed by atoms with van der Waals surface area (Å²) < 4.78 is 4.73. The quantitative estimate of drug-likeness (QED) is 0.206. The summed E-state index contributed by atoms with van der Waals surface area (Å²) in [6.07, 6.45) is 0.494. The minimum atomic E-state index is -0.586. The second kappa shape index (κ2) is 11.8. The lowest BCUT2D eigenvalue weighted by molar-refractivity contribution is -0.315. The Kier molecular flexibility index (Phi) is 9.85. The summed E-state index contributed by atoms with van der Waals surface area (Å²) in [6, 6.07) is 7.47. The molecule has 7 heteroatoms. The van der Waals surface area contributed by atoms with Crippen molar-refractivity contribution >= 4 is 5.97 Å². The maximum Gasteiger partial charge on any atom is 0.330 e. The first-order valence-electron chi connectivity index (χ1n) is 7.16. The van der Waals surface area contributed by atoms with Crippen LogP contribution >= 0.6 is 0 Å². The molecule has 0 bridgehead atoms. The maximum atomic E-state index is 10.8. The van der Waals surface area contributed by atoms with Crippen molar-refractivity contribution in [1.29, 1.82) is 0 Å². The standard InChI is InChI=1S/C16H22O7/c1-3-16(18)19-8-9-20-22-11-14-6-4-5-7-15(14)12-23-21-10-13(2)17/h3-7,13,17H,1,8-12H2,2H3. The summed E-state index contributed by atoms with van der Waals surface area (Å²) in [6.45, 7) is 5.64. The topological polar surface area (TPSA) is 83.5 Å². The van der Waals surface area contributed by atoms with Crippen molar-refractivity contribution in [2.24, 2.45) is 0 Å². The number of aliphatic hydroxyl groups is 1. The molecular weight excluding hydrogens is 304 g/mol. The molecule has 128 valence electrons. The van der Waals surface area contributed by atoms with E-state index < -0.39 is 12.1 Å². The predicted molar refractivity (Wildman–Crippen MR) is 80.8 cm³/mol. The number of hydrogen-bond donors (Lipinski definition) is 1. The van der Waals surface area contributed by atoms with Gasteiger partial charge in [0.05, 0.1) is 6.10 Å². The van der Waals surface area contributed by atoms with Gasteiger partial charge < -0.3 is 9.84 Å². The minimum Gasteiger partial charge on any atom is -0.460 e. The van der Waals surface area contributed by atoms with Crippen LogP contribution in [0.25, 0.3) is 0 Å². The molecule has 0 heterocycles. The van der Waals surface area contributed by atoms with Crippen LogP contribution < -0.4 is 0 Å². The Morgan fingerprint density at radius 3 is 2.30 bits per heavy atom. The summed E-state index contributed by atoms with van der Waals surface area (Å²) in [5.74, 6) is -0.506. The Morgan fingerprint density at radius 2 is 1.74 bits per heavy atom. The molecule has 0 saturated carbocycles. The van der Waals surface area contributed by atoms with Crippen LogP contribution in [0.5, 0.6) is 0 Å². The van der Waals surface area contributed by atoms with Gasteiger partial charge in [0.15, 0.2) is 0 Å². The van der Waals surface area contributed by atoms with Crippen molar-refractivity contribution in [2.75, 3.05) is 19.8 Å². The molecule has 0 amide bonds. The van der Waals surface area contributed by atoms with Crippen molar-refractivity contribution < 1.29 is 34.2 Å². The van der Waals surface area contributed by atoms with Crippen molar-refractivity contribution in [2.45, 2.75) is 26.2 Å². The number of esters is 1. The second-order valence-corrected chi connectivity index (χ2v) is 4.62. The van der Waals surface area contributed by atoms with E-state index in [1.165, 1.54) is 0 Å². The summed E-state index contributed by atoms with van der Waals surface area (Å²) in [5, 5.41) is 9.06. The van der Waals surface area contributed by atoms with Crippen molar-refractivity contribution in [3.63, 3.8) is 0 Å². The number of carbonyl (C=O) groups is 1. The van der Waals surface area contributed by atoms with E-state index in [-0.39, 0.29) is 33.0 Å². The summed E-state index contributed by atoms with van der Waals surface area (Å²) >= 11 is 0. The molecule has 0 aliphatic heterocycles. The fourth-order valence-electron chi connectivity index (χ4n) is 1.49. The van der Waals surface area contributed by atoms with Gasteiger partial charge in [-0.05, 0) is 18.1 Å². The largest absolute Gasteiger partial charge is 0.460 e. The van der Waals surface area contributed by atoms with Gasteiger partial charge in [0.25, 0.3) is 0 Å². The minimum absolute atomic E-state index is 0.0861. The Bertz CT molecular complexity index is 473. The number of carbonyl (C=O) groups excluding carboxylic acids is 1. The Balaban J connectivity index is 2.25. The molecule has 0 saturated heterocycles. The van der Waals surface area contributed by atoms with Crippen LogP contribution in [0.2, 0.25) is 0 Å². The van der Waals surface area contributed by atoms with Gasteiger partial charge in [0, 0.05) is 6.08 Å². The highest BCUT2D eigenvalue weighted by atomic mass is 17.2. The fourth-order valence-corrected chi connectivity index (χ4v) is 1.49. The Hall–Kier alpha value is -1.77. The van der Waals surface area contributed by atoms with Crippen molar-refractivity contribution in [1.82, 2.24) is 0 Å². The van der Waals surface area contributed by atoms with Crippen LogP contribution in [0.3, 0.4) is 0 Å². The van der Waals surface area contributed by atoms with Crippen LogP contribution in [0, 0.1) is 0 Å². The van der Waals surface area contributed by atoms with E-state index in [1.807, 2.05) is 24.3 Å². The maximum absolute atomic E-state index is 10.8. The van der Waals surface area contributed by atoms with Gasteiger partial charge in [-0.15, -0.1) is 0 Å². The molecule has 1 N–H and O–H groups in total. The molecule has 23 heavy (non-hydrogen) atoms. The molecule has 0 radical (unpaired) electrons. The van der Waals surface area contributed by atoms with Gasteiger partial charge in [-0.2, -0.15) is 0 Å². The van der Waals surface area contributed by atoms with Crippen LogP contribution in [-0.4, -0.2) is 37.0 Å². The molecule has 0 fully saturated rings. The van der Waals surface area contributed by atoms with E-state index in [1.54, 1.807) is 6.92 Å². The number of benzene rings is 1. The van der Waals surface area contributed by atoms with Gasteiger partial charge in [-0.1, -0.05) is 30.8 Å². The van der Waals surface area contributed by atoms with Gasteiger partial charge in [-0.25, -0.2) is 24.3 Å². The lowest BCUT2D eigenvalue weighted by atomic mass is 10.1. The van der Waals surface area contributed by atoms with Gasteiger partial charge in [-0.3, -0.25) is 0 Å². The molecular formula is C16H22O7. The molecule has 0 spiro atoms. The van der Waals surface area contributed by atoms with E-state index in [9.17, 15) is 4.79 Å². The highest BCUT2D eigenvalue weighted by molar-refractivity contribution is 5.81. The third-order valence-corrected chi connectivity index (χ3v) is 2.60. The highest BCUT2D eigenvalue weighted by Gasteiger charge is 2.04. The third kappa shape index (κ3) is 9.07. The van der Waals surface area contributed by atoms with Crippen molar-refractivity contribution in [3.05, 3.63) is 48.0 Å². The van der Waals surface area contributed by atoms with Crippen LogP contribution in [-0.2, 0) is 42.3 Å². The first kappa shape index (κ1) is 19.3. The lowest BCUT2D eigenvalue weighted by Crippen LogP contribution is -2.11. The molecule has 0 aromatic heterocycles. The number of ether oxygens (including phenoxy) is 1. The smallest absolute Gasteiger partial charge is 0.330 e. The number of rotatable bonds is 12. The molecule has 1 atom stereocenters. The fraction of sp³-hybridized carbons (Fsp3) is 0.438. The average molecular weight is 326 g/mol. The van der Waals surface area contributed by atoms with Gasteiger partial charge in [0.2, 0.25) is 0 Å². The predicted octanol–water partition coefficient (Wildman–Crippen LogP) is 1.69. The first-order valence-corrected chi connectivity index (χ1v) is 7.16. The number of aliphatic hydroxyl groups excluding tert-OH is 1. The molecule has 0 aliphatic carbocycles. The summed E-state index contributed by atoms with van der Waals surface area (Å²) in [7, 11) is 0. The van der Waals surface area contributed by atoms with Gasteiger partial charge in [0.1, 0.15) is 33.0 Å². The third-order valence-electron chi connectivity index (χ3n) is 2.60. The zero-order chi connectivity index (χ0) is 16.9. The zero-order valence-corrected chi connectivity index (χ0v) is 13.1. The lowest BCUT2D eigenvalue weighted by Gasteiger charge is -2.10. The van der Waals surface area contributed by atoms with E-state index in [4.69, 9.17) is 29.4 Å². The van der Waals surface area contributed by atoms with E-state index in [0.717, 1.165) is 17.2 Å². The molecule has 1 unspecified atom stereocenters. The average Bonchev–Trinajstić information content (AvgIpc) is 2.55. The molecule has 1 aromatic rings. The summed E-state index contributed by atoms with van der Waals surface area (Å²) in [4.78, 5) is 30.7. The second-order valence-electron chi connectivity index (χ2n) is 4.62.